The van der Waals surface area contributed by atoms with Crippen molar-refractivity contribution in [3.05, 3.63) is 0 Å². The molecule has 0 aromatic carbocycles. The summed E-state index contributed by atoms with van der Waals surface area (Å²) in [6.45, 7) is 1.73. The molecule has 3 nitrogen and oxygen atoms in total. The first kappa shape index (κ1) is 7.69. The van der Waals surface area contributed by atoms with Crippen molar-refractivity contribution in [2.45, 2.75) is 12.5 Å². The van der Waals surface area contributed by atoms with Gasteiger partial charge >= 0.3 is 0 Å². The van der Waals surface area contributed by atoms with Gasteiger partial charge in [0, 0.05) is 13.7 Å². The Morgan fingerprint density at radius 3 is 3.00 bits per heavy atom. The Balaban J connectivity index is 2.41. The second-order valence-corrected chi connectivity index (χ2v) is 2.57. The summed E-state index contributed by atoms with van der Waals surface area (Å²) in [4.78, 5) is 10.4. The lowest BCUT2D eigenvalue weighted by Crippen LogP contribution is -2.41. The van der Waals surface area contributed by atoms with Gasteiger partial charge in [-0.15, -0.1) is 0 Å². The van der Waals surface area contributed by atoms with E-state index < -0.39 is 0 Å². The van der Waals surface area contributed by atoms with E-state index in [4.69, 9.17) is 4.74 Å². The molecule has 1 N–H and O–H groups in total. The fraction of sp³-hybridized carbons (Fsp3) is 0.857. The summed E-state index contributed by atoms with van der Waals surface area (Å²) >= 11 is 0. The molecule has 1 saturated heterocycles. The van der Waals surface area contributed by atoms with E-state index in [0.29, 0.717) is 0 Å². The molecule has 0 bridgehead atoms. The van der Waals surface area contributed by atoms with Crippen LogP contribution in [0.15, 0.2) is 0 Å². The minimum absolute atomic E-state index is 0.0544. The average molecular weight is 143 g/mol. The van der Waals surface area contributed by atoms with Crippen molar-refractivity contribution in [1.29, 1.82) is 0 Å². The molecule has 0 amide bonds. The Kier molecular flexibility index (Phi) is 2.83. The largest absolute Gasteiger partial charge is 0.381 e. The van der Waals surface area contributed by atoms with Gasteiger partial charge in [0.2, 0.25) is 0 Å². The van der Waals surface area contributed by atoms with Crippen LogP contribution in [0.4, 0.5) is 0 Å². The third-order valence-electron chi connectivity index (χ3n) is 1.94. The Morgan fingerprint density at radius 2 is 2.50 bits per heavy atom. The maximum atomic E-state index is 10.4. The Bertz CT molecular complexity index is 116. The highest BCUT2D eigenvalue weighted by Crippen LogP contribution is 2.11. The van der Waals surface area contributed by atoms with Crippen molar-refractivity contribution >= 4 is 6.29 Å². The summed E-state index contributed by atoms with van der Waals surface area (Å²) in [5, 5.41) is 3.14. The summed E-state index contributed by atoms with van der Waals surface area (Å²) in [6.07, 6.45) is 2.05. The van der Waals surface area contributed by atoms with E-state index in [1.54, 1.807) is 7.11 Å². The van der Waals surface area contributed by atoms with Gasteiger partial charge in [-0.25, -0.2) is 0 Å². The van der Waals surface area contributed by atoms with Crippen LogP contribution in [0.3, 0.4) is 0 Å². The normalized spacial score (nSPS) is 33.7. The van der Waals surface area contributed by atoms with Crippen molar-refractivity contribution in [2.24, 2.45) is 5.92 Å². The topological polar surface area (TPSA) is 38.3 Å². The molecule has 0 aromatic rings. The molecular formula is C7H13NO2. The number of methoxy groups -OCH3 is 1. The lowest BCUT2D eigenvalue weighted by molar-refractivity contribution is -0.116. The molecule has 0 aromatic heterocycles. The van der Waals surface area contributed by atoms with Gasteiger partial charge in [0.05, 0.1) is 12.0 Å². The van der Waals surface area contributed by atoms with E-state index in [-0.39, 0.29) is 12.0 Å². The number of hydrogen-bond donors (Lipinski definition) is 1. The summed E-state index contributed by atoms with van der Waals surface area (Å²) < 4.78 is 5.12. The van der Waals surface area contributed by atoms with Crippen molar-refractivity contribution < 1.29 is 9.53 Å². The standard InChI is InChI=1S/C7H13NO2/c1-10-7-2-3-8-4-6(7)5-9/h5-8H,2-4H2,1H3. The first-order valence-corrected chi connectivity index (χ1v) is 3.57. The molecule has 1 heterocycles. The Morgan fingerprint density at radius 1 is 1.70 bits per heavy atom. The smallest absolute Gasteiger partial charge is 0.126 e. The van der Waals surface area contributed by atoms with E-state index >= 15 is 0 Å². The monoisotopic (exact) mass is 143 g/mol. The van der Waals surface area contributed by atoms with Crippen LogP contribution in [-0.2, 0) is 9.53 Å². The lowest BCUT2D eigenvalue weighted by atomic mass is 9.98. The first-order chi connectivity index (χ1) is 4.88. The minimum atomic E-state index is 0.0544. The molecule has 58 valence electrons. The molecule has 0 radical (unpaired) electrons. The lowest BCUT2D eigenvalue weighted by Gasteiger charge is -2.26. The van der Waals surface area contributed by atoms with Crippen molar-refractivity contribution in [2.75, 3.05) is 20.2 Å². The fourth-order valence-electron chi connectivity index (χ4n) is 1.29. The van der Waals surface area contributed by atoms with Crippen LogP contribution in [0.1, 0.15) is 6.42 Å². The van der Waals surface area contributed by atoms with Crippen molar-refractivity contribution in [3.8, 4) is 0 Å². The Labute approximate surface area is 60.7 Å². The van der Waals surface area contributed by atoms with Crippen LogP contribution in [0.5, 0.6) is 0 Å². The Hall–Kier alpha value is -0.410. The fourth-order valence-corrected chi connectivity index (χ4v) is 1.29. The van der Waals surface area contributed by atoms with Gasteiger partial charge < -0.3 is 14.8 Å². The predicted molar refractivity (Wildman–Crippen MR) is 37.8 cm³/mol. The highest BCUT2D eigenvalue weighted by atomic mass is 16.5. The SMILES string of the molecule is COC1CCNCC1C=O. The summed E-state index contributed by atoms with van der Waals surface area (Å²) in [7, 11) is 1.66. The van der Waals surface area contributed by atoms with Crippen LogP contribution in [0.25, 0.3) is 0 Å². The van der Waals surface area contributed by atoms with E-state index in [0.717, 1.165) is 25.8 Å². The van der Waals surface area contributed by atoms with Crippen LogP contribution in [-0.4, -0.2) is 32.6 Å². The predicted octanol–water partition coefficient (Wildman–Crippen LogP) is -0.190. The van der Waals surface area contributed by atoms with E-state index in [1.165, 1.54) is 0 Å². The highest BCUT2D eigenvalue weighted by molar-refractivity contribution is 5.55. The van der Waals surface area contributed by atoms with Gasteiger partial charge in [-0.3, -0.25) is 0 Å². The number of carbonyl (C=O) groups is 1. The summed E-state index contributed by atoms with van der Waals surface area (Å²) in [5.41, 5.74) is 0. The highest BCUT2D eigenvalue weighted by Gasteiger charge is 2.23. The molecule has 1 aliphatic heterocycles. The second-order valence-electron chi connectivity index (χ2n) is 2.57. The zero-order valence-corrected chi connectivity index (χ0v) is 6.17. The van der Waals surface area contributed by atoms with Crippen LogP contribution in [0.2, 0.25) is 0 Å². The molecule has 1 aliphatic rings. The average Bonchev–Trinajstić information content (AvgIpc) is 2.04. The van der Waals surface area contributed by atoms with Gasteiger partial charge in [0.1, 0.15) is 6.29 Å². The number of carbonyl (C=O) groups excluding carboxylic acids is 1. The molecule has 1 rings (SSSR count). The molecular weight excluding hydrogens is 130 g/mol. The van der Waals surface area contributed by atoms with Gasteiger partial charge in [-0.1, -0.05) is 0 Å². The molecule has 10 heavy (non-hydrogen) atoms. The van der Waals surface area contributed by atoms with E-state index in [2.05, 4.69) is 5.32 Å². The van der Waals surface area contributed by atoms with Gasteiger partial charge in [-0.05, 0) is 13.0 Å². The zero-order chi connectivity index (χ0) is 7.40. The molecule has 2 unspecified atom stereocenters. The third-order valence-corrected chi connectivity index (χ3v) is 1.94. The molecule has 3 heteroatoms. The molecule has 2 atom stereocenters. The summed E-state index contributed by atoms with van der Waals surface area (Å²) in [5.74, 6) is 0.0544. The third kappa shape index (κ3) is 1.55. The van der Waals surface area contributed by atoms with Gasteiger partial charge in [0.15, 0.2) is 0 Å². The number of rotatable bonds is 2. The van der Waals surface area contributed by atoms with Crippen LogP contribution < -0.4 is 5.32 Å². The minimum Gasteiger partial charge on any atom is -0.381 e. The maximum absolute atomic E-state index is 10.4. The van der Waals surface area contributed by atoms with Gasteiger partial charge in [0.25, 0.3) is 0 Å². The number of hydrogen-bond acceptors (Lipinski definition) is 3. The van der Waals surface area contributed by atoms with E-state index in [9.17, 15) is 4.79 Å². The van der Waals surface area contributed by atoms with Crippen LogP contribution >= 0.6 is 0 Å². The number of aldehydes is 1. The van der Waals surface area contributed by atoms with Gasteiger partial charge in [-0.2, -0.15) is 0 Å². The zero-order valence-electron chi connectivity index (χ0n) is 6.17. The quantitative estimate of drug-likeness (QED) is 0.544. The summed E-state index contributed by atoms with van der Waals surface area (Å²) in [6, 6.07) is 0. The van der Waals surface area contributed by atoms with Crippen molar-refractivity contribution in [1.82, 2.24) is 5.32 Å². The number of nitrogens with one attached hydrogen (secondary N) is 1. The molecule has 0 spiro atoms. The van der Waals surface area contributed by atoms with Crippen LogP contribution in [0, 0.1) is 5.92 Å². The number of ether oxygens (including phenoxy) is 1. The first-order valence-electron chi connectivity index (χ1n) is 3.57. The number of piperidine rings is 1. The molecule has 1 fully saturated rings. The maximum Gasteiger partial charge on any atom is 0.126 e. The second kappa shape index (κ2) is 3.68. The molecule has 0 aliphatic carbocycles. The molecule has 0 saturated carbocycles. The van der Waals surface area contributed by atoms with Crippen molar-refractivity contribution in [3.63, 3.8) is 0 Å². The van der Waals surface area contributed by atoms with E-state index in [1.807, 2.05) is 0 Å².